The van der Waals surface area contributed by atoms with Gasteiger partial charge < -0.3 is 10.5 Å². The number of rotatable bonds is 5. The average molecular weight is 320 g/mol. The van der Waals surface area contributed by atoms with Gasteiger partial charge in [0.2, 0.25) is 10.0 Å². The molecule has 2 N–H and O–H groups in total. The number of ether oxygens (including phenoxy) is 1. The maximum absolute atomic E-state index is 12.5. The summed E-state index contributed by atoms with van der Waals surface area (Å²) in [6.45, 7) is 0. The summed E-state index contributed by atoms with van der Waals surface area (Å²) in [6, 6.07) is 13.6. The first-order chi connectivity index (χ1) is 10.4. The van der Waals surface area contributed by atoms with Gasteiger partial charge in [-0.1, -0.05) is 30.3 Å². The molecule has 0 saturated carbocycles. The summed E-state index contributed by atoms with van der Waals surface area (Å²) in [7, 11) is -2.44. The molecule has 0 bridgehead atoms. The Morgan fingerprint density at radius 2 is 1.68 bits per heavy atom. The quantitative estimate of drug-likeness (QED) is 0.913. The van der Waals surface area contributed by atoms with Crippen LogP contribution in [-0.2, 0) is 15.8 Å². The summed E-state index contributed by atoms with van der Waals surface area (Å²) < 4.78 is 30.6. The van der Waals surface area contributed by atoms with Crippen molar-refractivity contribution in [1.29, 1.82) is 0 Å². The van der Waals surface area contributed by atoms with E-state index >= 15 is 0 Å². The predicted molar refractivity (Wildman–Crippen MR) is 84.1 cm³/mol. The van der Waals surface area contributed by atoms with Gasteiger partial charge in [0.05, 0.1) is 18.6 Å². The van der Waals surface area contributed by atoms with E-state index in [4.69, 9.17) is 10.5 Å². The molecular formula is C15H16N2O4S. The SMILES string of the molecule is COc1ccc(N(C(N)=O)S(=O)(=O)Cc2ccccc2)cc1. The molecule has 2 rings (SSSR count). The summed E-state index contributed by atoms with van der Waals surface area (Å²) in [5.41, 5.74) is 6.00. The third kappa shape index (κ3) is 3.56. The molecule has 7 heteroatoms. The third-order valence-electron chi connectivity index (χ3n) is 2.98. The van der Waals surface area contributed by atoms with Gasteiger partial charge in [0, 0.05) is 0 Å². The van der Waals surface area contributed by atoms with Crippen LogP contribution in [-0.4, -0.2) is 21.6 Å². The first kappa shape index (κ1) is 15.8. The number of carbonyl (C=O) groups is 1. The normalized spacial score (nSPS) is 11.0. The van der Waals surface area contributed by atoms with Gasteiger partial charge >= 0.3 is 6.03 Å². The van der Waals surface area contributed by atoms with Gasteiger partial charge in [0.15, 0.2) is 0 Å². The Balaban J connectivity index is 2.35. The average Bonchev–Trinajstić information content (AvgIpc) is 2.48. The first-order valence-corrected chi connectivity index (χ1v) is 8.05. The fourth-order valence-electron chi connectivity index (χ4n) is 1.99. The fraction of sp³-hybridized carbons (Fsp3) is 0.133. The molecule has 0 radical (unpaired) electrons. The van der Waals surface area contributed by atoms with E-state index in [2.05, 4.69) is 0 Å². The molecule has 0 aliphatic rings. The van der Waals surface area contributed by atoms with Crippen LogP contribution >= 0.6 is 0 Å². The number of hydrogen-bond donors (Lipinski definition) is 1. The van der Waals surface area contributed by atoms with Gasteiger partial charge in [-0.3, -0.25) is 0 Å². The van der Waals surface area contributed by atoms with E-state index in [-0.39, 0.29) is 11.4 Å². The minimum absolute atomic E-state index is 0.171. The van der Waals surface area contributed by atoms with E-state index in [1.54, 1.807) is 42.5 Å². The van der Waals surface area contributed by atoms with Gasteiger partial charge in [0.25, 0.3) is 0 Å². The van der Waals surface area contributed by atoms with E-state index < -0.39 is 16.1 Å². The number of amides is 2. The number of anilines is 1. The second-order valence-electron chi connectivity index (χ2n) is 4.54. The molecule has 2 amide bonds. The maximum Gasteiger partial charge on any atom is 0.333 e. The minimum Gasteiger partial charge on any atom is -0.497 e. The van der Waals surface area contributed by atoms with Crippen molar-refractivity contribution in [1.82, 2.24) is 0 Å². The van der Waals surface area contributed by atoms with Crippen LogP contribution in [0.5, 0.6) is 5.75 Å². The van der Waals surface area contributed by atoms with Gasteiger partial charge in [-0.15, -0.1) is 0 Å². The van der Waals surface area contributed by atoms with Gasteiger partial charge in [0.1, 0.15) is 5.75 Å². The lowest BCUT2D eigenvalue weighted by molar-refractivity contribution is 0.257. The Labute approximate surface area is 129 Å². The summed E-state index contributed by atoms with van der Waals surface area (Å²) in [4.78, 5) is 11.6. The zero-order valence-corrected chi connectivity index (χ0v) is 12.8. The van der Waals surface area contributed by atoms with Crippen LogP contribution in [0.4, 0.5) is 10.5 Å². The van der Waals surface area contributed by atoms with Crippen molar-refractivity contribution in [2.24, 2.45) is 5.73 Å². The lowest BCUT2D eigenvalue weighted by Gasteiger charge is -2.20. The molecule has 0 aromatic heterocycles. The topological polar surface area (TPSA) is 89.7 Å². The highest BCUT2D eigenvalue weighted by molar-refractivity contribution is 7.92. The maximum atomic E-state index is 12.5. The highest BCUT2D eigenvalue weighted by Gasteiger charge is 2.27. The molecule has 116 valence electrons. The number of hydrogen-bond acceptors (Lipinski definition) is 4. The number of carbonyl (C=O) groups excluding carboxylic acids is 1. The Kier molecular flexibility index (Phi) is 4.67. The van der Waals surface area contributed by atoms with Crippen LogP contribution < -0.4 is 14.8 Å². The summed E-state index contributed by atoms with van der Waals surface area (Å²) in [5, 5.41) is 0. The second-order valence-corrected chi connectivity index (χ2v) is 6.36. The van der Waals surface area contributed by atoms with E-state index in [1.165, 1.54) is 19.2 Å². The number of nitrogens with zero attached hydrogens (tertiary/aromatic N) is 1. The van der Waals surface area contributed by atoms with Crippen LogP contribution in [0.25, 0.3) is 0 Å². The minimum atomic E-state index is -3.93. The molecule has 0 fully saturated rings. The zero-order chi connectivity index (χ0) is 16.2. The van der Waals surface area contributed by atoms with Crippen molar-refractivity contribution >= 4 is 21.7 Å². The zero-order valence-electron chi connectivity index (χ0n) is 12.0. The summed E-state index contributed by atoms with van der Waals surface area (Å²) in [5.74, 6) is 0.233. The van der Waals surface area contributed by atoms with E-state index in [0.29, 0.717) is 15.6 Å². The van der Waals surface area contributed by atoms with Crippen LogP contribution in [0.2, 0.25) is 0 Å². The molecule has 0 atom stereocenters. The molecule has 0 saturated heterocycles. The predicted octanol–water partition coefficient (Wildman–Crippen LogP) is 2.11. The van der Waals surface area contributed by atoms with Crippen molar-refractivity contribution in [3.63, 3.8) is 0 Å². The molecule has 0 heterocycles. The van der Waals surface area contributed by atoms with E-state index in [9.17, 15) is 13.2 Å². The molecule has 0 aliphatic heterocycles. The molecule has 22 heavy (non-hydrogen) atoms. The van der Waals surface area contributed by atoms with Gasteiger partial charge in [-0.2, -0.15) is 4.31 Å². The van der Waals surface area contributed by atoms with E-state index in [1.807, 2.05) is 0 Å². The lowest BCUT2D eigenvalue weighted by atomic mass is 10.2. The Morgan fingerprint density at radius 1 is 1.09 bits per heavy atom. The summed E-state index contributed by atoms with van der Waals surface area (Å²) in [6.07, 6.45) is 0. The monoisotopic (exact) mass is 320 g/mol. The molecular weight excluding hydrogens is 304 g/mol. The van der Waals surface area contributed by atoms with Crippen LogP contribution in [0, 0.1) is 0 Å². The second kappa shape index (κ2) is 6.48. The molecule has 0 aliphatic carbocycles. The smallest absolute Gasteiger partial charge is 0.333 e. The summed E-state index contributed by atoms with van der Waals surface area (Å²) >= 11 is 0. The van der Waals surface area contributed by atoms with Crippen molar-refractivity contribution in [3.8, 4) is 5.75 Å². The van der Waals surface area contributed by atoms with Crippen LogP contribution in [0.15, 0.2) is 54.6 Å². The van der Waals surface area contributed by atoms with Gasteiger partial charge in [-0.25, -0.2) is 13.2 Å². The van der Waals surface area contributed by atoms with E-state index in [0.717, 1.165) is 0 Å². The van der Waals surface area contributed by atoms with Crippen molar-refractivity contribution < 1.29 is 17.9 Å². The highest BCUT2D eigenvalue weighted by Crippen LogP contribution is 2.23. The number of urea groups is 1. The van der Waals surface area contributed by atoms with Crippen molar-refractivity contribution in [3.05, 3.63) is 60.2 Å². The van der Waals surface area contributed by atoms with Gasteiger partial charge in [-0.05, 0) is 29.8 Å². The fourth-order valence-corrected chi connectivity index (χ4v) is 3.45. The number of benzene rings is 2. The van der Waals surface area contributed by atoms with Crippen molar-refractivity contribution in [2.45, 2.75) is 5.75 Å². The molecule has 0 spiro atoms. The lowest BCUT2D eigenvalue weighted by Crippen LogP contribution is -2.41. The highest BCUT2D eigenvalue weighted by atomic mass is 32.2. The number of sulfonamides is 1. The number of nitrogens with two attached hydrogens (primary N) is 1. The standard InChI is InChI=1S/C15H16N2O4S/c1-21-14-9-7-13(8-10-14)17(15(16)18)22(19,20)11-12-5-3-2-4-6-12/h2-10H,11H2,1H3,(H2,16,18). The Hall–Kier alpha value is -2.54. The molecule has 6 nitrogen and oxygen atoms in total. The van der Waals surface area contributed by atoms with Crippen LogP contribution in [0.3, 0.4) is 0 Å². The third-order valence-corrected chi connectivity index (χ3v) is 4.62. The number of methoxy groups -OCH3 is 1. The Bertz CT molecular complexity index is 743. The molecule has 0 unspecified atom stereocenters. The van der Waals surface area contributed by atoms with Crippen LogP contribution in [0.1, 0.15) is 5.56 Å². The number of primary amides is 1. The molecule has 2 aromatic carbocycles. The Morgan fingerprint density at radius 3 is 2.18 bits per heavy atom. The molecule has 2 aromatic rings. The van der Waals surface area contributed by atoms with Crippen molar-refractivity contribution in [2.75, 3.05) is 11.4 Å². The first-order valence-electron chi connectivity index (χ1n) is 6.44. The largest absolute Gasteiger partial charge is 0.497 e.